The minimum atomic E-state index is -2.56. The highest BCUT2D eigenvalue weighted by molar-refractivity contribution is 6.20. The molecule has 4 aromatic heterocycles. The summed E-state index contributed by atoms with van der Waals surface area (Å²) in [6.45, 7) is 0. The SMILES string of the molecule is Fc1cc(F)c(C(c2cc(F)c(-n3c4ccc(-c5c(F)cc(F)c(C(c6cc(F)c(-n7c8ccccc8c8c9ccccc9oc87)c(F)c6)c6c(F)cc(F)cc6F)c5F)cc4c4oc5ccccc5c43)c(F)c2)c2c(F)cc(F)cc2F)c(F)c1. The van der Waals surface area contributed by atoms with E-state index in [4.69, 9.17) is 8.83 Å². The van der Waals surface area contributed by atoms with Crippen molar-refractivity contribution in [2.75, 3.05) is 0 Å². The quantitative estimate of drug-likeness (QED) is 0.107. The van der Waals surface area contributed by atoms with Crippen molar-refractivity contribution in [3.05, 3.63) is 284 Å². The summed E-state index contributed by atoms with van der Waals surface area (Å²) in [4.78, 5) is 0. The van der Waals surface area contributed by atoms with E-state index >= 15 is 57.1 Å². The van der Waals surface area contributed by atoms with E-state index in [1.807, 2.05) is 0 Å². The lowest BCUT2D eigenvalue weighted by molar-refractivity contribution is 0.495. The molecule has 4 nitrogen and oxygen atoms in total. The molecule has 0 aliphatic carbocycles. The van der Waals surface area contributed by atoms with Gasteiger partial charge in [0.05, 0.1) is 22.0 Å². The molecule has 0 N–H and O–H groups in total. The molecule has 1 unspecified atom stereocenters. The number of furan rings is 2. The highest BCUT2D eigenvalue weighted by atomic mass is 19.2. The first-order valence-electron chi connectivity index (χ1n) is 25.7. The van der Waals surface area contributed by atoms with Crippen molar-refractivity contribution >= 4 is 65.9 Å². The van der Waals surface area contributed by atoms with Crippen LogP contribution in [0.1, 0.15) is 45.2 Å². The predicted molar refractivity (Wildman–Crippen MR) is 287 cm³/mol. The molecule has 14 rings (SSSR count). The van der Waals surface area contributed by atoms with Crippen molar-refractivity contribution in [3.63, 3.8) is 0 Å². The van der Waals surface area contributed by atoms with E-state index in [-0.39, 0.29) is 86.7 Å². The minimum Gasteiger partial charge on any atom is -0.454 e. The Morgan fingerprint density at radius 2 is 0.744 bits per heavy atom. The molecule has 10 aromatic carbocycles. The first-order valence-corrected chi connectivity index (χ1v) is 25.7. The van der Waals surface area contributed by atoms with Gasteiger partial charge in [0.25, 0.3) is 0 Å². The van der Waals surface area contributed by atoms with Crippen LogP contribution in [0.15, 0.2) is 167 Å². The Kier molecular flexibility index (Phi) is 12.3. The Morgan fingerprint density at radius 3 is 1.27 bits per heavy atom. The number of hydrogen-bond acceptors (Lipinski definition) is 2. The van der Waals surface area contributed by atoms with E-state index in [1.54, 1.807) is 42.5 Å². The van der Waals surface area contributed by atoms with Crippen molar-refractivity contribution in [2.45, 2.75) is 11.8 Å². The highest BCUT2D eigenvalue weighted by Gasteiger charge is 2.37. The van der Waals surface area contributed by atoms with Crippen molar-refractivity contribution in [1.29, 1.82) is 0 Å². The van der Waals surface area contributed by atoms with Crippen LogP contribution in [0.25, 0.3) is 88.4 Å². The Balaban J connectivity index is 0.955. The molecular formula is C66H28F16N2O2. The Hall–Kier alpha value is -10.2. The zero-order chi connectivity index (χ0) is 60.0. The molecule has 0 saturated heterocycles. The predicted octanol–water partition coefficient (Wildman–Crippen LogP) is 19.6. The van der Waals surface area contributed by atoms with Gasteiger partial charge < -0.3 is 13.4 Å². The van der Waals surface area contributed by atoms with E-state index < -0.39 is 161 Å². The smallest absolute Gasteiger partial charge is 0.213 e. The highest BCUT2D eigenvalue weighted by Crippen LogP contribution is 2.48. The van der Waals surface area contributed by atoms with Crippen molar-refractivity contribution in [3.8, 4) is 22.5 Å². The fourth-order valence-electron chi connectivity index (χ4n) is 12.0. The topological polar surface area (TPSA) is 36.1 Å². The molecule has 0 amide bonds. The lowest BCUT2D eigenvalue weighted by Crippen LogP contribution is -2.16. The fraction of sp³-hybridized carbons (Fsp3) is 0.0303. The summed E-state index contributed by atoms with van der Waals surface area (Å²) in [5.74, 6) is -31.4. The van der Waals surface area contributed by atoms with Gasteiger partial charge in [0, 0.05) is 98.1 Å². The monoisotopic (exact) mass is 1180 g/mol. The maximum atomic E-state index is 17.9. The normalized spacial score (nSPS) is 12.5. The zero-order valence-electron chi connectivity index (χ0n) is 42.9. The number of para-hydroxylation sites is 3. The van der Waals surface area contributed by atoms with Gasteiger partial charge >= 0.3 is 0 Å². The van der Waals surface area contributed by atoms with Gasteiger partial charge in [-0.15, -0.1) is 0 Å². The van der Waals surface area contributed by atoms with E-state index in [0.29, 0.717) is 46.0 Å². The van der Waals surface area contributed by atoms with E-state index in [2.05, 4.69) is 0 Å². The van der Waals surface area contributed by atoms with E-state index in [1.165, 1.54) is 30.3 Å². The molecule has 4 heterocycles. The fourth-order valence-corrected chi connectivity index (χ4v) is 12.0. The third kappa shape index (κ3) is 8.09. The standard InChI is InChI=1S/C66H28F16N2O2/c67-30-20-37(70)57(38(71)21-30)54(58-39(72)22-31(68)23-40(58)73)28-16-45(78)63(46(79)17-28)83-50-14-13-27(15-36(50)65-62(83)35-9-3-6-12-52(35)85-65)53-43(76)26-44(77)60(61(53)82)55(59-41(74)24-32(69)25-42(59)75)29-18-47(80)64(48(81)19-29)84-49-10-4-1-7-33(49)56-34-8-2-5-11-51(34)86-66(56)84/h1-26,54-55H. The van der Waals surface area contributed by atoms with Crippen LogP contribution in [0.5, 0.6) is 0 Å². The molecule has 0 radical (unpaired) electrons. The Bertz CT molecular complexity index is 5080. The first kappa shape index (κ1) is 53.7. The number of benzene rings is 10. The molecule has 0 fully saturated rings. The second kappa shape index (κ2) is 19.7. The van der Waals surface area contributed by atoms with Crippen LogP contribution >= 0.6 is 0 Å². The van der Waals surface area contributed by atoms with Crippen LogP contribution in [0, 0.1) is 93.1 Å². The molecule has 0 bridgehead atoms. The van der Waals surface area contributed by atoms with Gasteiger partial charge in [-0.1, -0.05) is 54.6 Å². The van der Waals surface area contributed by atoms with Crippen LogP contribution in [0.4, 0.5) is 70.2 Å². The van der Waals surface area contributed by atoms with Crippen molar-refractivity contribution in [1.82, 2.24) is 9.13 Å². The third-order valence-corrected chi connectivity index (χ3v) is 15.4. The van der Waals surface area contributed by atoms with Crippen LogP contribution in [0.3, 0.4) is 0 Å². The van der Waals surface area contributed by atoms with Crippen LogP contribution in [0.2, 0.25) is 0 Å². The lowest BCUT2D eigenvalue weighted by Gasteiger charge is -2.24. The van der Waals surface area contributed by atoms with Gasteiger partial charge in [0.1, 0.15) is 97.9 Å². The zero-order valence-corrected chi connectivity index (χ0v) is 42.9. The lowest BCUT2D eigenvalue weighted by atomic mass is 9.82. The van der Waals surface area contributed by atoms with Gasteiger partial charge in [0.2, 0.25) is 5.71 Å². The molecule has 14 aromatic rings. The van der Waals surface area contributed by atoms with Crippen LogP contribution in [-0.2, 0) is 0 Å². The number of halogens is 16. The molecule has 1 atom stereocenters. The summed E-state index contributed by atoms with van der Waals surface area (Å²) in [5.41, 5.74) is -10.4. The summed E-state index contributed by atoms with van der Waals surface area (Å²) >= 11 is 0. The molecule has 0 aliphatic rings. The van der Waals surface area contributed by atoms with Gasteiger partial charge in [-0.05, 0) is 77.4 Å². The van der Waals surface area contributed by atoms with Gasteiger partial charge in [0.15, 0.2) is 28.9 Å². The Morgan fingerprint density at radius 1 is 0.326 bits per heavy atom. The average Bonchev–Trinajstić information content (AvgIpc) is 1.53. The molecule has 426 valence electrons. The number of rotatable bonds is 9. The molecule has 86 heavy (non-hydrogen) atoms. The summed E-state index contributed by atoms with van der Waals surface area (Å²) in [6, 6.07) is 25.3. The van der Waals surface area contributed by atoms with Gasteiger partial charge in [-0.3, -0.25) is 4.57 Å². The largest absolute Gasteiger partial charge is 0.454 e. The number of nitrogens with zero attached hydrogens (tertiary/aromatic N) is 2. The van der Waals surface area contributed by atoms with Gasteiger partial charge in [-0.25, -0.2) is 70.2 Å². The number of hydrogen-bond donors (Lipinski definition) is 0. The minimum absolute atomic E-state index is 0.0211. The van der Waals surface area contributed by atoms with Crippen molar-refractivity contribution in [2.24, 2.45) is 0 Å². The number of aromatic nitrogens is 2. The maximum absolute atomic E-state index is 17.9. The van der Waals surface area contributed by atoms with Crippen LogP contribution in [-0.4, -0.2) is 9.13 Å². The summed E-state index contributed by atoms with van der Waals surface area (Å²) < 4.78 is 272. The third-order valence-electron chi connectivity index (χ3n) is 15.4. The summed E-state index contributed by atoms with van der Waals surface area (Å²) in [7, 11) is 0. The van der Waals surface area contributed by atoms with Crippen LogP contribution < -0.4 is 0 Å². The molecular weight excluding hydrogens is 1160 g/mol. The molecule has 0 spiro atoms. The maximum Gasteiger partial charge on any atom is 0.213 e. The van der Waals surface area contributed by atoms with E-state index in [0.717, 1.165) is 27.3 Å². The molecule has 20 heteroatoms. The summed E-state index contributed by atoms with van der Waals surface area (Å²) in [6.07, 6.45) is 0. The second-order valence-electron chi connectivity index (χ2n) is 20.3. The molecule has 0 aliphatic heterocycles. The van der Waals surface area contributed by atoms with Gasteiger partial charge in [-0.2, -0.15) is 0 Å². The summed E-state index contributed by atoms with van der Waals surface area (Å²) in [5, 5.41) is 1.51. The second-order valence-corrected chi connectivity index (χ2v) is 20.3. The average molecular weight is 1180 g/mol. The van der Waals surface area contributed by atoms with E-state index in [9.17, 15) is 13.2 Å². The number of fused-ring (bicyclic) bond motifs is 10. The Labute approximate surface area is 471 Å². The van der Waals surface area contributed by atoms with Crippen molar-refractivity contribution < 1.29 is 79.1 Å². The molecule has 0 saturated carbocycles. The first-order chi connectivity index (χ1) is 41.3.